The summed E-state index contributed by atoms with van der Waals surface area (Å²) in [7, 11) is 1.96. The summed E-state index contributed by atoms with van der Waals surface area (Å²) in [4.78, 5) is 4.58. The van der Waals surface area contributed by atoms with Gasteiger partial charge in [0.2, 0.25) is 0 Å². The third kappa shape index (κ3) is 2.13. The van der Waals surface area contributed by atoms with Gasteiger partial charge in [0.1, 0.15) is 0 Å². The smallest absolute Gasteiger partial charge is 0.0953 e. The van der Waals surface area contributed by atoms with E-state index in [-0.39, 0.29) is 6.04 Å². The zero-order valence-corrected chi connectivity index (χ0v) is 11.1. The standard InChI is InChI=1S/C16H16N2O/c1-11-9-14(13-5-3-4-6-15(13)18-11)16(17-2)12-7-8-19-10-12/h3-10,16-17H,1-2H3. The van der Waals surface area contributed by atoms with Crippen LogP contribution in [0.3, 0.4) is 0 Å². The van der Waals surface area contributed by atoms with Crippen molar-refractivity contribution in [2.75, 3.05) is 7.05 Å². The molecule has 0 aliphatic carbocycles. The van der Waals surface area contributed by atoms with Crippen molar-refractivity contribution < 1.29 is 4.42 Å². The van der Waals surface area contributed by atoms with Crippen LogP contribution in [0.1, 0.15) is 22.9 Å². The van der Waals surface area contributed by atoms with E-state index in [1.807, 2.05) is 38.2 Å². The molecule has 3 heteroatoms. The molecule has 0 spiro atoms. The molecule has 0 radical (unpaired) electrons. The Morgan fingerprint density at radius 2 is 2.05 bits per heavy atom. The summed E-state index contributed by atoms with van der Waals surface area (Å²) >= 11 is 0. The van der Waals surface area contributed by atoms with Crippen LogP contribution in [0.15, 0.2) is 53.3 Å². The van der Waals surface area contributed by atoms with Gasteiger partial charge in [0.05, 0.1) is 24.1 Å². The molecule has 3 nitrogen and oxygen atoms in total. The molecule has 0 aliphatic rings. The number of fused-ring (bicyclic) bond motifs is 1. The molecule has 0 amide bonds. The summed E-state index contributed by atoms with van der Waals surface area (Å²) in [5, 5.41) is 4.53. The maximum Gasteiger partial charge on any atom is 0.0953 e. The molecule has 3 aromatic rings. The lowest BCUT2D eigenvalue weighted by atomic mass is 9.97. The van der Waals surface area contributed by atoms with Crippen LogP contribution < -0.4 is 5.32 Å². The van der Waals surface area contributed by atoms with Crippen molar-refractivity contribution in [3.05, 3.63) is 65.7 Å². The Bertz CT molecular complexity index is 689. The van der Waals surface area contributed by atoms with E-state index in [1.54, 1.807) is 12.5 Å². The number of aromatic nitrogens is 1. The lowest BCUT2D eigenvalue weighted by Crippen LogP contribution is -2.17. The molecule has 0 bridgehead atoms. The van der Waals surface area contributed by atoms with Gasteiger partial charge >= 0.3 is 0 Å². The van der Waals surface area contributed by atoms with Gasteiger partial charge in [-0.05, 0) is 37.7 Å². The first kappa shape index (κ1) is 11.9. The van der Waals surface area contributed by atoms with Gasteiger partial charge in [-0.1, -0.05) is 18.2 Å². The molecule has 1 unspecified atom stereocenters. The zero-order valence-electron chi connectivity index (χ0n) is 11.1. The van der Waals surface area contributed by atoms with Crippen molar-refractivity contribution in [1.82, 2.24) is 10.3 Å². The number of nitrogens with zero attached hydrogens (tertiary/aromatic N) is 1. The maximum atomic E-state index is 5.21. The summed E-state index contributed by atoms with van der Waals surface area (Å²) in [6, 6.07) is 12.5. The minimum absolute atomic E-state index is 0.116. The van der Waals surface area contributed by atoms with Gasteiger partial charge in [-0.2, -0.15) is 0 Å². The average molecular weight is 252 g/mol. The number of rotatable bonds is 3. The van der Waals surface area contributed by atoms with E-state index in [2.05, 4.69) is 22.4 Å². The number of hydrogen-bond acceptors (Lipinski definition) is 3. The SMILES string of the molecule is CNC(c1ccoc1)c1cc(C)nc2ccccc12. The Hall–Kier alpha value is -2.13. The fourth-order valence-electron chi connectivity index (χ4n) is 2.52. The quantitative estimate of drug-likeness (QED) is 0.776. The average Bonchev–Trinajstić information content (AvgIpc) is 2.93. The number of nitrogens with one attached hydrogen (secondary N) is 1. The van der Waals surface area contributed by atoms with Crippen LogP contribution in [-0.2, 0) is 0 Å². The van der Waals surface area contributed by atoms with E-state index in [0.29, 0.717) is 0 Å². The number of furan rings is 1. The molecule has 19 heavy (non-hydrogen) atoms. The highest BCUT2D eigenvalue weighted by Gasteiger charge is 2.16. The minimum Gasteiger partial charge on any atom is -0.472 e. The van der Waals surface area contributed by atoms with Gasteiger partial charge in [0.25, 0.3) is 0 Å². The van der Waals surface area contributed by atoms with Crippen LogP contribution in [0.25, 0.3) is 10.9 Å². The molecular formula is C16H16N2O. The predicted molar refractivity (Wildman–Crippen MR) is 76.1 cm³/mol. The molecule has 0 saturated heterocycles. The van der Waals surface area contributed by atoms with Gasteiger partial charge in [0.15, 0.2) is 0 Å². The molecule has 0 fully saturated rings. The summed E-state index contributed by atoms with van der Waals surface area (Å²) in [5.41, 5.74) is 4.41. The van der Waals surface area contributed by atoms with E-state index in [9.17, 15) is 0 Å². The number of benzene rings is 1. The Morgan fingerprint density at radius 1 is 1.21 bits per heavy atom. The second-order valence-electron chi connectivity index (χ2n) is 4.65. The van der Waals surface area contributed by atoms with E-state index in [4.69, 9.17) is 4.42 Å². The largest absolute Gasteiger partial charge is 0.472 e. The van der Waals surface area contributed by atoms with Crippen LogP contribution in [0.4, 0.5) is 0 Å². The van der Waals surface area contributed by atoms with Gasteiger partial charge in [-0.25, -0.2) is 0 Å². The van der Waals surface area contributed by atoms with Crippen molar-refractivity contribution in [3.8, 4) is 0 Å². The van der Waals surface area contributed by atoms with Crippen molar-refractivity contribution >= 4 is 10.9 Å². The van der Waals surface area contributed by atoms with Crippen LogP contribution in [-0.4, -0.2) is 12.0 Å². The molecule has 0 saturated carbocycles. The molecule has 96 valence electrons. The van der Waals surface area contributed by atoms with Crippen molar-refractivity contribution in [1.29, 1.82) is 0 Å². The second-order valence-corrected chi connectivity index (χ2v) is 4.65. The highest BCUT2D eigenvalue weighted by Crippen LogP contribution is 2.28. The first-order chi connectivity index (χ1) is 9.29. The highest BCUT2D eigenvalue weighted by molar-refractivity contribution is 5.83. The van der Waals surface area contributed by atoms with E-state index >= 15 is 0 Å². The molecule has 1 aromatic carbocycles. The van der Waals surface area contributed by atoms with Crippen LogP contribution in [0.2, 0.25) is 0 Å². The molecular weight excluding hydrogens is 236 g/mol. The summed E-state index contributed by atoms with van der Waals surface area (Å²) < 4.78 is 5.21. The number of pyridine rings is 1. The van der Waals surface area contributed by atoms with Crippen molar-refractivity contribution in [2.45, 2.75) is 13.0 Å². The second kappa shape index (κ2) is 4.86. The minimum atomic E-state index is 0.116. The van der Waals surface area contributed by atoms with Gasteiger partial charge in [-0.15, -0.1) is 0 Å². The normalized spacial score (nSPS) is 12.7. The predicted octanol–water partition coefficient (Wildman–Crippen LogP) is 3.45. The van der Waals surface area contributed by atoms with Gasteiger partial charge in [-0.3, -0.25) is 4.98 Å². The van der Waals surface area contributed by atoms with E-state index in [0.717, 1.165) is 16.8 Å². The number of aryl methyl sites for hydroxylation is 1. The van der Waals surface area contributed by atoms with E-state index in [1.165, 1.54) is 10.9 Å². The highest BCUT2D eigenvalue weighted by atomic mass is 16.3. The first-order valence-corrected chi connectivity index (χ1v) is 6.35. The Kier molecular flexibility index (Phi) is 3.05. The van der Waals surface area contributed by atoms with Gasteiger partial charge in [0, 0.05) is 16.6 Å². The summed E-state index contributed by atoms with van der Waals surface area (Å²) in [5.74, 6) is 0. The first-order valence-electron chi connectivity index (χ1n) is 6.35. The lowest BCUT2D eigenvalue weighted by Gasteiger charge is -2.17. The van der Waals surface area contributed by atoms with Crippen molar-refractivity contribution in [3.63, 3.8) is 0 Å². The summed E-state index contributed by atoms with van der Waals surface area (Å²) in [6.07, 6.45) is 3.49. The third-order valence-corrected chi connectivity index (χ3v) is 3.35. The van der Waals surface area contributed by atoms with Crippen LogP contribution >= 0.6 is 0 Å². The molecule has 1 N–H and O–H groups in total. The maximum absolute atomic E-state index is 5.21. The Labute approximate surface area is 112 Å². The molecule has 0 aliphatic heterocycles. The zero-order chi connectivity index (χ0) is 13.2. The fraction of sp³-hybridized carbons (Fsp3) is 0.188. The van der Waals surface area contributed by atoms with Crippen LogP contribution in [0, 0.1) is 6.92 Å². The lowest BCUT2D eigenvalue weighted by molar-refractivity contribution is 0.557. The monoisotopic (exact) mass is 252 g/mol. The summed E-state index contributed by atoms with van der Waals surface area (Å²) in [6.45, 7) is 2.03. The number of hydrogen-bond donors (Lipinski definition) is 1. The van der Waals surface area contributed by atoms with Crippen LogP contribution in [0.5, 0.6) is 0 Å². The fourth-order valence-corrected chi connectivity index (χ4v) is 2.52. The molecule has 3 rings (SSSR count). The van der Waals surface area contributed by atoms with E-state index < -0.39 is 0 Å². The Morgan fingerprint density at radius 3 is 2.79 bits per heavy atom. The van der Waals surface area contributed by atoms with Gasteiger partial charge < -0.3 is 9.73 Å². The van der Waals surface area contributed by atoms with Crippen molar-refractivity contribution in [2.24, 2.45) is 0 Å². The third-order valence-electron chi connectivity index (χ3n) is 3.35. The number of para-hydroxylation sites is 1. The topological polar surface area (TPSA) is 38.1 Å². The molecule has 2 aromatic heterocycles. The Balaban J connectivity index is 2.23. The molecule has 1 atom stereocenters. The molecule has 2 heterocycles.